The summed E-state index contributed by atoms with van der Waals surface area (Å²) < 4.78 is 33.5. The van der Waals surface area contributed by atoms with Crippen LogP contribution in [0.3, 0.4) is 0 Å². The molecule has 0 aliphatic carbocycles. The Hall–Kier alpha value is -1.71. The highest BCUT2D eigenvalue weighted by molar-refractivity contribution is 7.89. The quantitative estimate of drug-likeness (QED) is 0.586. The Kier molecular flexibility index (Phi) is 7.48. The van der Waals surface area contributed by atoms with Crippen molar-refractivity contribution in [2.75, 3.05) is 19.7 Å². The summed E-state index contributed by atoms with van der Waals surface area (Å²) in [6.45, 7) is 5.29. The number of nitrogens with zero attached hydrogens (tertiary/aromatic N) is 1. The van der Waals surface area contributed by atoms with Crippen molar-refractivity contribution in [2.24, 2.45) is 0 Å². The van der Waals surface area contributed by atoms with Crippen LogP contribution in [0.25, 0.3) is 0 Å². The average molecular weight is 455 g/mol. The second kappa shape index (κ2) is 9.86. The minimum Gasteiger partial charge on any atom is -0.377 e. The van der Waals surface area contributed by atoms with Gasteiger partial charge in [0.25, 0.3) is 5.91 Å². The van der Waals surface area contributed by atoms with Gasteiger partial charge in [-0.15, -0.1) is 17.9 Å². The van der Waals surface area contributed by atoms with E-state index in [1.165, 1.54) is 18.2 Å². The Morgan fingerprint density at radius 1 is 1.41 bits per heavy atom. The highest BCUT2D eigenvalue weighted by Crippen LogP contribution is 2.24. The highest BCUT2D eigenvalue weighted by Gasteiger charge is 2.24. The minimum absolute atomic E-state index is 0.0647. The Morgan fingerprint density at radius 3 is 2.90 bits per heavy atom. The summed E-state index contributed by atoms with van der Waals surface area (Å²) in [4.78, 5) is 15.5. The van der Waals surface area contributed by atoms with Crippen molar-refractivity contribution in [1.29, 1.82) is 0 Å². The van der Waals surface area contributed by atoms with Gasteiger partial charge in [0.1, 0.15) is 4.90 Å². The lowest BCUT2D eigenvalue weighted by Crippen LogP contribution is -2.33. The molecule has 0 bridgehead atoms. The van der Waals surface area contributed by atoms with Crippen LogP contribution in [-0.4, -0.2) is 45.0 Å². The molecule has 0 saturated carbocycles. The number of carbonyl (C=O) groups excluding carboxylic acids is 1. The monoisotopic (exact) mass is 454 g/mol. The van der Waals surface area contributed by atoms with Gasteiger partial charge >= 0.3 is 0 Å². The van der Waals surface area contributed by atoms with Crippen LogP contribution in [-0.2, 0) is 21.3 Å². The van der Waals surface area contributed by atoms with Crippen molar-refractivity contribution in [3.63, 3.8) is 0 Å². The van der Waals surface area contributed by atoms with Gasteiger partial charge in [0.05, 0.1) is 17.7 Å². The van der Waals surface area contributed by atoms with E-state index in [2.05, 4.69) is 11.3 Å². The van der Waals surface area contributed by atoms with E-state index in [-0.39, 0.29) is 34.0 Å². The third-order valence-electron chi connectivity index (χ3n) is 4.56. The maximum Gasteiger partial charge on any atom is 0.254 e. The highest BCUT2D eigenvalue weighted by atomic mass is 35.5. The smallest absolute Gasteiger partial charge is 0.254 e. The summed E-state index contributed by atoms with van der Waals surface area (Å²) in [5.41, 5.74) is 0.255. The van der Waals surface area contributed by atoms with Crippen molar-refractivity contribution in [3.8, 4) is 0 Å². The Morgan fingerprint density at radius 2 is 2.24 bits per heavy atom. The first-order valence-corrected chi connectivity index (χ1v) is 12.0. The number of hydrogen-bond acceptors (Lipinski definition) is 5. The molecule has 1 aliphatic heterocycles. The van der Waals surface area contributed by atoms with Gasteiger partial charge in [0.2, 0.25) is 10.0 Å². The zero-order chi connectivity index (χ0) is 20.9. The second-order valence-corrected chi connectivity index (χ2v) is 9.86. The normalized spacial score (nSPS) is 16.7. The van der Waals surface area contributed by atoms with Gasteiger partial charge in [-0.1, -0.05) is 23.7 Å². The molecule has 1 fully saturated rings. The van der Waals surface area contributed by atoms with Crippen molar-refractivity contribution in [3.05, 3.63) is 63.8 Å². The maximum absolute atomic E-state index is 13.0. The van der Waals surface area contributed by atoms with Gasteiger partial charge in [-0.25, -0.2) is 13.1 Å². The zero-order valence-electron chi connectivity index (χ0n) is 15.8. The molecule has 9 heteroatoms. The molecule has 1 aliphatic rings. The van der Waals surface area contributed by atoms with E-state index in [0.717, 1.165) is 17.7 Å². The van der Waals surface area contributed by atoms with Crippen LogP contribution < -0.4 is 4.72 Å². The summed E-state index contributed by atoms with van der Waals surface area (Å²) in [7, 11) is -3.87. The van der Waals surface area contributed by atoms with E-state index >= 15 is 0 Å². The minimum atomic E-state index is -3.87. The first kappa shape index (κ1) is 22.0. The van der Waals surface area contributed by atoms with Gasteiger partial charge in [-0.3, -0.25) is 4.79 Å². The zero-order valence-corrected chi connectivity index (χ0v) is 18.2. The van der Waals surface area contributed by atoms with E-state index in [4.69, 9.17) is 16.3 Å². The molecule has 3 rings (SSSR count). The fraction of sp³-hybridized carbons (Fsp3) is 0.350. The van der Waals surface area contributed by atoms with Crippen LogP contribution in [0.2, 0.25) is 5.02 Å². The number of rotatable bonds is 9. The summed E-state index contributed by atoms with van der Waals surface area (Å²) in [5, 5.41) is 2.01. The number of halogens is 1. The van der Waals surface area contributed by atoms with Crippen LogP contribution >= 0.6 is 22.9 Å². The Balaban J connectivity index is 1.80. The van der Waals surface area contributed by atoms with E-state index in [0.29, 0.717) is 19.7 Å². The SMILES string of the molecule is C=CCN(Cc1cccs1)C(=O)c1ccc(Cl)c(S(=O)(=O)NCC2CCCO2)c1. The molecular weight excluding hydrogens is 432 g/mol. The topological polar surface area (TPSA) is 75.7 Å². The standard InChI is InChI=1S/C20H23ClN2O4S2/c1-2-9-23(14-17-6-4-11-28-17)20(24)15-7-8-18(21)19(12-15)29(25,26)22-13-16-5-3-10-27-16/h2,4,6-8,11-12,16,22H,1,3,5,9-10,13-14H2. The van der Waals surface area contributed by atoms with Gasteiger partial charge in [0, 0.05) is 30.1 Å². The molecule has 1 aromatic carbocycles. The number of amides is 1. The van der Waals surface area contributed by atoms with Crippen LogP contribution in [0.5, 0.6) is 0 Å². The Labute approximate surface area is 180 Å². The van der Waals surface area contributed by atoms with Gasteiger partial charge in [-0.2, -0.15) is 0 Å². The predicted octanol–water partition coefficient (Wildman–Crippen LogP) is 3.69. The van der Waals surface area contributed by atoms with Crippen LogP contribution in [0.15, 0.2) is 53.3 Å². The Bertz CT molecular complexity index is 955. The van der Waals surface area contributed by atoms with Crippen LogP contribution in [0.4, 0.5) is 0 Å². The number of ether oxygens (including phenoxy) is 1. The van der Waals surface area contributed by atoms with Gasteiger partial charge < -0.3 is 9.64 Å². The third-order valence-corrected chi connectivity index (χ3v) is 7.32. The number of carbonyl (C=O) groups is 1. The average Bonchev–Trinajstić information content (AvgIpc) is 3.40. The molecule has 1 atom stereocenters. The lowest BCUT2D eigenvalue weighted by Gasteiger charge is -2.21. The molecule has 1 amide bonds. The van der Waals surface area contributed by atoms with Crippen LogP contribution in [0, 0.1) is 0 Å². The van der Waals surface area contributed by atoms with Gasteiger partial charge in [0.15, 0.2) is 0 Å². The van der Waals surface area contributed by atoms with E-state index in [1.807, 2.05) is 17.5 Å². The molecule has 1 N–H and O–H groups in total. The fourth-order valence-corrected chi connectivity index (χ4v) is 5.39. The van der Waals surface area contributed by atoms with Crippen LogP contribution in [0.1, 0.15) is 28.1 Å². The van der Waals surface area contributed by atoms with Gasteiger partial charge in [-0.05, 0) is 42.5 Å². The lowest BCUT2D eigenvalue weighted by atomic mass is 10.2. The molecule has 29 heavy (non-hydrogen) atoms. The van der Waals surface area contributed by atoms with Crippen molar-refractivity contribution in [2.45, 2.75) is 30.4 Å². The molecule has 0 radical (unpaired) electrons. The van der Waals surface area contributed by atoms with Crippen molar-refractivity contribution < 1.29 is 17.9 Å². The second-order valence-electron chi connectivity index (χ2n) is 6.69. The first-order valence-electron chi connectivity index (χ1n) is 9.24. The number of nitrogens with one attached hydrogen (secondary N) is 1. The van der Waals surface area contributed by atoms with Crippen molar-refractivity contribution >= 4 is 38.9 Å². The van der Waals surface area contributed by atoms with E-state index < -0.39 is 10.0 Å². The summed E-state index contributed by atoms with van der Waals surface area (Å²) in [5.74, 6) is -0.287. The molecule has 2 heterocycles. The third kappa shape index (κ3) is 5.67. The molecule has 2 aromatic rings. The molecule has 1 saturated heterocycles. The molecule has 6 nitrogen and oxygen atoms in total. The van der Waals surface area contributed by atoms with E-state index in [1.54, 1.807) is 22.3 Å². The predicted molar refractivity (Wildman–Crippen MR) is 115 cm³/mol. The fourth-order valence-electron chi connectivity index (χ4n) is 3.08. The number of hydrogen-bond donors (Lipinski definition) is 1. The summed E-state index contributed by atoms with van der Waals surface area (Å²) in [6, 6.07) is 8.16. The molecular formula is C20H23ClN2O4S2. The first-order chi connectivity index (χ1) is 13.9. The summed E-state index contributed by atoms with van der Waals surface area (Å²) in [6.07, 6.45) is 3.23. The number of thiophene rings is 1. The van der Waals surface area contributed by atoms with E-state index in [9.17, 15) is 13.2 Å². The number of sulfonamides is 1. The molecule has 0 spiro atoms. The molecule has 1 unspecified atom stereocenters. The lowest BCUT2D eigenvalue weighted by molar-refractivity contribution is 0.0764. The largest absolute Gasteiger partial charge is 0.377 e. The van der Waals surface area contributed by atoms with Crippen molar-refractivity contribution in [1.82, 2.24) is 9.62 Å². The number of benzene rings is 1. The summed E-state index contributed by atoms with van der Waals surface area (Å²) >= 11 is 7.70. The molecule has 1 aromatic heterocycles. The molecule has 156 valence electrons. The maximum atomic E-state index is 13.0.